The van der Waals surface area contributed by atoms with E-state index in [0.717, 1.165) is 0 Å². The molecular weight excluding hydrogens is 380 g/mol. The lowest BCUT2D eigenvalue weighted by Gasteiger charge is -2.20. The van der Waals surface area contributed by atoms with Crippen molar-refractivity contribution in [1.82, 2.24) is 0 Å². The summed E-state index contributed by atoms with van der Waals surface area (Å²) in [5.74, 6) is -4.28. The van der Waals surface area contributed by atoms with Crippen molar-refractivity contribution in [3.8, 4) is 0 Å². The van der Waals surface area contributed by atoms with Crippen LogP contribution >= 0.6 is 31.9 Å². The van der Waals surface area contributed by atoms with Crippen LogP contribution in [-0.4, -0.2) is 55.6 Å². The molecule has 3 N–H and O–H groups in total. The summed E-state index contributed by atoms with van der Waals surface area (Å²) in [7, 11) is 0. The van der Waals surface area contributed by atoms with Crippen molar-refractivity contribution < 1.29 is 34.4 Å². The van der Waals surface area contributed by atoms with Crippen LogP contribution in [0.4, 0.5) is 0 Å². The number of esters is 1. The van der Waals surface area contributed by atoms with Crippen molar-refractivity contribution in [1.29, 1.82) is 0 Å². The number of carboxylic acids is 2. The summed E-state index contributed by atoms with van der Waals surface area (Å²) in [4.78, 5) is 32.3. The first-order valence-electron chi connectivity index (χ1n) is 4.74. The first kappa shape index (κ1) is 17.3. The fourth-order valence-electron chi connectivity index (χ4n) is 0.982. The first-order chi connectivity index (χ1) is 8.21. The van der Waals surface area contributed by atoms with Crippen LogP contribution in [0.3, 0.4) is 0 Å². The van der Waals surface area contributed by atoms with E-state index in [1.807, 2.05) is 0 Å². The van der Waals surface area contributed by atoms with Gasteiger partial charge in [0.2, 0.25) is 0 Å². The molecule has 0 radical (unpaired) electrons. The summed E-state index contributed by atoms with van der Waals surface area (Å²) in [5, 5.41) is 27.3. The van der Waals surface area contributed by atoms with Gasteiger partial charge in [0.05, 0.1) is 17.7 Å². The Hall–Kier alpha value is -0.670. The van der Waals surface area contributed by atoms with Gasteiger partial charge in [0.1, 0.15) is 6.61 Å². The number of hydrogen-bond acceptors (Lipinski definition) is 5. The summed E-state index contributed by atoms with van der Waals surface area (Å²) in [6.45, 7) is -0.0210. The molecule has 104 valence electrons. The lowest BCUT2D eigenvalue weighted by Crippen LogP contribution is -2.43. The summed E-state index contributed by atoms with van der Waals surface area (Å²) < 4.78 is 4.69. The number of alkyl halides is 2. The van der Waals surface area contributed by atoms with E-state index in [1.165, 1.54) is 0 Å². The van der Waals surface area contributed by atoms with Gasteiger partial charge in [0.15, 0.2) is 5.60 Å². The smallest absolute Gasteiger partial charge is 0.336 e. The van der Waals surface area contributed by atoms with Crippen LogP contribution in [0.15, 0.2) is 0 Å². The number of aliphatic carboxylic acids is 2. The second-order valence-electron chi connectivity index (χ2n) is 3.52. The Bertz CT molecular complexity index is 333. The number of ether oxygens (including phenoxy) is 1. The molecule has 0 heterocycles. The summed E-state index contributed by atoms with van der Waals surface area (Å²) in [6.07, 6.45) is -2.00. The zero-order valence-electron chi connectivity index (χ0n) is 9.14. The van der Waals surface area contributed by atoms with E-state index in [9.17, 15) is 19.5 Å². The number of carbonyl (C=O) groups is 3. The van der Waals surface area contributed by atoms with Gasteiger partial charge in [0.25, 0.3) is 0 Å². The summed E-state index contributed by atoms with van der Waals surface area (Å²) in [5.41, 5.74) is -2.65. The maximum atomic E-state index is 11.3. The minimum absolute atomic E-state index is 0.0210. The number of carboxylic acid groups (broad SMARTS) is 2. The van der Waals surface area contributed by atoms with Crippen LogP contribution in [0.1, 0.15) is 12.8 Å². The van der Waals surface area contributed by atoms with E-state index >= 15 is 0 Å². The number of aliphatic hydroxyl groups is 1. The fraction of sp³-hybridized carbons (Fsp3) is 0.667. The van der Waals surface area contributed by atoms with Crippen molar-refractivity contribution in [3.63, 3.8) is 0 Å². The zero-order valence-corrected chi connectivity index (χ0v) is 12.3. The molecule has 0 aromatic rings. The van der Waals surface area contributed by atoms with Crippen molar-refractivity contribution in [3.05, 3.63) is 0 Å². The molecule has 0 saturated carbocycles. The number of rotatable bonds is 8. The maximum absolute atomic E-state index is 11.3. The van der Waals surface area contributed by atoms with E-state index in [1.54, 1.807) is 0 Å². The largest absolute Gasteiger partial charge is 0.481 e. The SMILES string of the molecule is O=C(O)CC(O)(CC(=O)OCC(Br)CBr)C(=O)O. The van der Waals surface area contributed by atoms with Crippen molar-refractivity contribution in [2.24, 2.45) is 0 Å². The topological polar surface area (TPSA) is 121 Å². The summed E-state index contributed by atoms with van der Waals surface area (Å²) >= 11 is 6.28. The minimum Gasteiger partial charge on any atom is -0.481 e. The van der Waals surface area contributed by atoms with Gasteiger partial charge < -0.3 is 20.1 Å². The molecule has 2 atom stereocenters. The molecule has 0 spiro atoms. The Balaban J connectivity index is 4.46. The third kappa shape index (κ3) is 6.31. The van der Waals surface area contributed by atoms with E-state index in [2.05, 4.69) is 31.9 Å². The van der Waals surface area contributed by atoms with Gasteiger partial charge in [-0.05, 0) is 0 Å². The molecule has 7 nitrogen and oxygen atoms in total. The molecule has 0 aliphatic rings. The van der Waals surface area contributed by atoms with Crippen molar-refractivity contribution in [2.45, 2.75) is 23.3 Å². The standard InChI is InChI=1S/C9H12Br2O7/c10-3-5(11)4-18-7(14)2-9(17,8(15)16)1-6(12)13/h5,17H,1-4H2,(H,12,13)(H,15,16). The van der Waals surface area contributed by atoms with Crippen LogP contribution in [0, 0.1) is 0 Å². The van der Waals surface area contributed by atoms with Gasteiger partial charge >= 0.3 is 17.9 Å². The molecule has 0 fully saturated rings. The molecule has 0 amide bonds. The zero-order chi connectivity index (χ0) is 14.3. The normalized spacial score (nSPS) is 15.5. The maximum Gasteiger partial charge on any atom is 0.336 e. The van der Waals surface area contributed by atoms with Gasteiger partial charge in [-0.15, -0.1) is 0 Å². The molecule has 9 heteroatoms. The van der Waals surface area contributed by atoms with E-state index < -0.39 is 36.4 Å². The van der Waals surface area contributed by atoms with Crippen molar-refractivity contribution >= 4 is 49.8 Å². The Morgan fingerprint density at radius 1 is 1.22 bits per heavy atom. The molecule has 18 heavy (non-hydrogen) atoms. The van der Waals surface area contributed by atoms with Gasteiger partial charge in [-0.1, -0.05) is 31.9 Å². The first-order valence-corrected chi connectivity index (χ1v) is 6.78. The van der Waals surface area contributed by atoms with Crippen LogP contribution in [-0.2, 0) is 19.1 Å². The predicted molar refractivity (Wildman–Crippen MR) is 66.9 cm³/mol. The molecule has 0 bridgehead atoms. The molecule has 0 aromatic carbocycles. The van der Waals surface area contributed by atoms with Crippen molar-refractivity contribution in [2.75, 3.05) is 11.9 Å². The molecule has 0 aliphatic heterocycles. The molecule has 2 unspecified atom stereocenters. The highest BCUT2D eigenvalue weighted by molar-refractivity contribution is 9.12. The predicted octanol–water partition coefficient (Wildman–Crippen LogP) is 0.369. The van der Waals surface area contributed by atoms with E-state index in [4.69, 9.17) is 14.9 Å². The Morgan fingerprint density at radius 2 is 1.78 bits per heavy atom. The quantitative estimate of drug-likeness (QED) is 0.403. The highest BCUT2D eigenvalue weighted by Crippen LogP contribution is 2.17. The second kappa shape index (κ2) is 7.70. The molecule has 0 rings (SSSR count). The lowest BCUT2D eigenvalue weighted by atomic mass is 9.96. The van der Waals surface area contributed by atoms with Crippen LogP contribution in [0.25, 0.3) is 0 Å². The van der Waals surface area contributed by atoms with Crippen LogP contribution in [0.2, 0.25) is 0 Å². The average Bonchev–Trinajstić information content (AvgIpc) is 2.24. The third-order valence-corrected chi connectivity index (χ3v) is 4.11. The lowest BCUT2D eigenvalue weighted by molar-refractivity contribution is -0.171. The fourth-order valence-corrected chi connectivity index (χ4v) is 1.30. The number of hydrogen-bond donors (Lipinski definition) is 3. The highest BCUT2D eigenvalue weighted by atomic mass is 79.9. The Labute approximate surface area is 119 Å². The molecular formula is C9H12Br2O7. The number of carbonyl (C=O) groups excluding carboxylic acids is 1. The van der Waals surface area contributed by atoms with E-state index in [-0.39, 0.29) is 11.4 Å². The number of halogens is 2. The Kier molecular flexibility index (Phi) is 7.41. The van der Waals surface area contributed by atoms with Gasteiger partial charge in [0, 0.05) is 5.33 Å². The van der Waals surface area contributed by atoms with Gasteiger partial charge in [-0.3, -0.25) is 9.59 Å². The molecule has 0 aliphatic carbocycles. The highest BCUT2D eigenvalue weighted by Gasteiger charge is 2.41. The van der Waals surface area contributed by atoms with Gasteiger partial charge in [-0.2, -0.15) is 0 Å². The van der Waals surface area contributed by atoms with E-state index in [0.29, 0.717) is 5.33 Å². The second-order valence-corrected chi connectivity index (χ2v) is 5.46. The van der Waals surface area contributed by atoms with Crippen LogP contribution in [0.5, 0.6) is 0 Å². The monoisotopic (exact) mass is 390 g/mol. The minimum atomic E-state index is -2.65. The van der Waals surface area contributed by atoms with Gasteiger partial charge in [-0.25, -0.2) is 4.79 Å². The summed E-state index contributed by atoms with van der Waals surface area (Å²) in [6, 6.07) is 0. The third-order valence-electron chi connectivity index (χ3n) is 1.87. The average molecular weight is 392 g/mol. The molecule has 0 aromatic heterocycles. The Morgan fingerprint density at radius 3 is 2.17 bits per heavy atom. The van der Waals surface area contributed by atoms with Crippen LogP contribution < -0.4 is 0 Å². The molecule has 0 saturated heterocycles.